The van der Waals surface area contributed by atoms with Crippen LogP contribution >= 0.6 is 92.4 Å². The van der Waals surface area contributed by atoms with Gasteiger partial charge < -0.3 is 56.8 Å². The summed E-state index contributed by atoms with van der Waals surface area (Å²) in [5.74, 6) is 5.72. The summed E-state index contributed by atoms with van der Waals surface area (Å²) in [6.45, 7) is 7.65. The molecule has 0 N–H and O–H groups in total. The average molecular weight is 1310 g/mol. The minimum absolute atomic E-state index is 0.118. The van der Waals surface area contributed by atoms with Crippen molar-refractivity contribution in [2.75, 3.05) is 95.9 Å². The maximum atomic E-state index is 6.56. The van der Waals surface area contributed by atoms with Gasteiger partial charge in [-0.15, -0.1) is 47.0 Å². The lowest BCUT2D eigenvalue weighted by Crippen LogP contribution is -2.37. The Morgan fingerprint density at radius 2 is 0.756 bits per heavy atom. The van der Waals surface area contributed by atoms with Gasteiger partial charge in [0.1, 0.15) is 92.8 Å². The molecule has 0 spiro atoms. The smallest absolute Gasteiger partial charge is 0.160 e. The van der Waals surface area contributed by atoms with Crippen LogP contribution in [0.2, 0.25) is 0 Å². The highest BCUT2D eigenvalue weighted by Gasteiger charge is 2.31. The van der Waals surface area contributed by atoms with Gasteiger partial charge in [0.15, 0.2) is 6.29 Å². The van der Waals surface area contributed by atoms with Crippen LogP contribution in [0.25, 0.3) is 0 Å². The minimum Gasteiger partial charge on any atom is -0.491 e. The van der Waals surface area contributed by atoms with Gasteiger partial charge in [-0.3, -0.25) is 0 Å². The summed E-state index contributed by atoms with van der Waals surface area (Å²) in [6.07, 6.45) is 0.431. The highest BCUT2D eigenvalue weighted by atomic mass is 32.2. The normalized spacial score (nSPS) is 18.3. The third kappa shape index (κ3) is 20.8. The van der Waals surface area contributed by atoms with Crippen LogP contribution in [0.4, 0.5) is 0 Å². The second kappa shape index (κ2) is 34.2. The molecular weight excluding hydrogens is 1240 g/mol. The molecule has 9 unspecified atom stereocenters. The Hall–Kier alpha value is -4.04. The van der Waals surface area contributed by atoms with E-state index in [1.165, 1.54) is 19.6 Å². The van der Waals surface area contributed by atoms with Crippen LogP contribution in [0, 0.1) is 0 Å². The first-order chi connectivity index (χ1) is 42.5. The van der Waals surface area contributed by atoms with E-state index < -0.39 is 0 Å². The van der Waals surface area contributed by atoms with Crippen molar-refractivity contribution in [1.29, 1.82) is 0 Å². The molecule has 8 aromatic rings. The summed E-state index contributed by atoms with van der Waals surface area (Å²) in [5, 5.41) is 17.1. The number of hydrogen-bond acceptors (Lipinski definition) is 20. The molecule has 0 bridgehead atoms. The summed E-state index contributed by atoms with van der Waals surface area (Å²) in [7, 11) is 0. The molecule has 3 saturated heterocycles. The SMILES string of the molecule is CCOCOC(COc1ccc(C(c2ccc(OCC(CSc3ccsc3)OCC3CO3)cc2)C(c2ccc(OCC(CSc3ccsc3)OCC3CO3)cc2)c2ccc(OCC(CSc3ccsc3)OC3CCO3)cc2)cc1)CSc1ccsc1. The third-order valence-electron chi connectivity index (χ3n) is 14.2. The molecule has 3 aliphatic heterocycles. The van der Waals surface area contributed by atoms with Gasteiger partial charge in [0.05, 0.1) is 33.0 Å². The van der Waals surface area contributed by atoms with Gasteiger partial charge in [0, 0.05) is 89.0 Å². The first-order valence-electron chi connectivity index (χ1n) is 29.0. The molecule has 456 valence electrons. The van der Waals surface area contributed by atoms with Crippen molar-refractivity contribution >= 4 is 92.4 Å². The molecule has 0 saturated carbocycles. The summed E-state index contributed by atoms with van der Waals surface area (Å²) in [4.78, 5) is 4.90. The zero-order chi connectivity index (χ0) is 58.4. The van der Waals surface area contributed by atoms with Crippen molar-refractivity contribution in [3.8, 4) is 23.0 Å². The molecule has 12 nitrogen and oxygen atoms in total. The van der Waals surface area contributed by atoms with Gasteiger partial charge in [-0.1, -0.05) is 48.5 Å². The minimum atomic E-state index is -0.200. The van der Waals surface area contributed by atoms with E-state index in [4.69, 9.17) is 56.8 Å². The average Bonchev–Trinajstić information content (AvgIpc) is 2.33. The van der Waals surface area contributed by atoms with Crippen LogP contribution in [0.3, 0.4) is 0 Å². The van der Waals surface area contributed by atoms with E-state index in [1.54, 1.807) is 92.4 Å². The first kappa shape index (κ1) is 63.5. The lowest BCUT2D eigenvalue weighted by molar-refractivity contribution is -0.235. The van der Waals surface area contributed by atoms with Crippen molar-refractivity contribution in [3.63, 3.8) is 0 Å². The van der Waals surface area contributed by atoms with E-state index in [0.29, 0.717) is 46.2 Å². The predicted molar refractivity (Wildman–Crippen MR) is 351 cm³/mol. The Bertz CT molecular complexity index is 3090. The van der Waals surface area contributed by atoms with Gasteiger partial charge in [-0.2, -0.15) is 45.3 Å². The van der Waals surface area contributed by atoms with Gasteiger partial charge in [0.2, 0.25) is 0 Å². The van der Waals surface area contributed by atoms with Crippen LogP contribution in [0.15, 0.2) is 184 Å². The number of thiophene rings is 4. The molecule has 20 heteroatoms. The molecule has 4 aromatic carbocycles. The zero-order valence-corrected chi connectivity index (χ0v) is 54.4. The molecule has 0 aliphatic carbocycles. The molecule has 86 heavy (non-hydrogen) atoms. The maximum Gasteiger partial charge on any atom is 0.160 e. The number of thioether (sulfide) groups is 4. The molecular formula is C66H72O12S8. The van der Waals surface area contributed by atoms with Crippen molar-refractivity contribution < 1.29 is 56.8 Å². The van der Waals surface area contributed by atoms with Gasteiger partial charge in [0.25, 0.3) is 0 Å². The van der Waals surface area contributed by atoms with E-state index in [2.05, 4.69) is 164 Å². The standard InChI is InChI=1S/C66H72O12S8/c1-2-67-45-77-58(39-85-62-22-27-81-43-62)35-71-52-15-7-48(8-16-52)65(46-3-11-50(12-4-46)69-33-56(75-31-54-29-73-54)37-83-60-20-25-79-41-60)66(47-5-13-51(14-6-47)70-34-57(76-32-55-30-74-55)38-84-61-21-26-80-42-61)49-9-17-53(18-10-49)72-36-59(78-64-19-24-68-64)40-86-63-23-28-82-44-63/h3-18,20-23,25-28,41-44,54-59,64-66H,2,19,24,29-40,45H2,1H3. The molecule has 3 fully saturated rings. The third-order valence-corrected chi connectivity index (χ3v) is 22.0. The monoisotopic (exact) mass is 1310 g/mol. The van der Waals surface area contributed by atoms with Crippen LogP contribution in [0.5, 0.6) is 23.0 Å². The Labute approximate surface area is 538 Å². The number of epoxide rings is 2. The second-order valence-corrected chi connectivity index (χ2v) is 28.1. The summed E-state index contributed by atoms with van der Waals surface area (Å²) >= 11 is 13.9. The second-order valence-electron chi connectivity index (χ2n) is 20.6. The summed E-state index contributed by atoms with van der Waals surface area (Å²) < 4.78 is 73.7. The highest BCUT2D eigenvalue weighted by molar-refractivity contribution is 8.00. The summed E-state index contributed by atoms with van der Waals surface area (Å²) in [5.41, 5.74) is 4.45. The Morgan fingerprint density at radius 3 is 1.05 bits per heavy atom. The van der Waals surface area contributed by atoms with E-state index in [-0.39, 0.29) is 61.5 Å². The van der Waals surface area contributed by atoms with Crippen molar-refractivity contribution in [3.05, 3.63) is 187 Å². The van der Waals surface area contributed by atoms with Crippen LogP contribution in [-0.2, 0) is 37.9 Å². The topological polar surface area (TPSA) is 117 Å². The quantitative estimate of drug-likeness (QED) is 0.0156. The number of ether oxygens (including phenoxy) is 12. The number of rotatable bonds is 41. The fraction of sp³-hybridized carbons (Fsp3) is 0.394. The predicted octanol–water partition coefficient (Wildman–Crippen LogP) is 15.7. The number of hydrogen-bond donors (Lipinski definition) is 0. The molecule has 0 radical (unpaired) electrons. The van der Waals surface area contributed by atoms with Gasteiger partial charge in [-0.05, 0) is 123 Å². The van der Waals surface area contributed by atoms with Gasteiger partial charge in [-0.25, -0.2) is 0 Å². The molecule has 4 aromatic heterocycles. The molecule has 11 rings (SSSR count). The maximum absolute atomic E-state index is 6.56. The Kier molecular flexibility index (Phi) is 25.3. The van der Waals surface area contributed by atoms with Crippen molar-refractivity contribution in [2.45, 2.75) is 87.7 Å². The molecule has 7 heterocycles. The van der Waals surface area contributed by atoms with Crippen molar-refractivity contribution in [1.82, 2.24) is 0 Å². The number of benzene rings is 4. The molecule has 3 aliphatic rings. The van der Waals surface area contributed by atoms with Crippen LogP contribution < -0.4 is 18.9 Å². The van der Waals surface area contributed by atoms with E-state index in [9.17, 15) is 0 Å². The molecule has 0 amide bonds. The zero-order valence-electron chi connectivity index (χ0n) is 47.8. The van der Waals surface area contributed by atoms with Gasteiger partial charge >= 0.3 is 0 Å². The first-order valence-corrected chi connectivity index (χ1v) is 36.7. The van der Waals surface area contributed by atoms with E-state index >= 15 is 0 Å². The molecule has 9 atom stereocenters. The highest BCUT2D eigenvalue weighted by Crippen LogP contribution is 2.45. The fourth-order valence-corrected chi connectivity index (χ4v) is 16.3. The van der Waals surface area contributed by atoms with E-state index in [1.807, 2.05) is 6.92 Å². The largest absolute Gasteiger partial charge is 0.491 e. The fourth-order valence-electron chi connectivity index (χ4n) is 9.23. The summed E-state index contributed by atoms with van der Waals surface area (Å²) in [6, 6.07) is 42.8. The van der Waals surface area contributed by atoms with Crippen LogP contribution in [-0.4, -0.2) is 139 Å². The lowest BCUT2D eigenvalue weighted by Gasteiger charge is -2.31. The van der Waals surface area contributed by atoms with Crippen molar-refractivity contribution in [2.24, 2.45) is 0 Å². The van der Waals surface area contributed by atoms with Crippen LogP contribution in [0.1, 0.15) is 47.4 Å². The van der Waals surface area contributed by atoms with E-state index in [0.717, 1.165) is 94.5 Å². The lowest BCUT2D eigenvalue weighted by atomic mass is 9.73. The Morgan fingerprint density at radius 1 is 0.430 bits per heavy atom. The Balaban J connectivity index is 0.869.